The van der Waals surface area contributed by atoms with Crippen LogP contribution in [0.5, 0.6) is 0 Å². The molecule has 0 spiro atoms. The van der Waals surface area contributed by atoms with Gasteiger partial charge < -0.3 is 20.6 Å². The molecule has 164 valence electrons. The third-order valence-electron chi connectivity index (χ3n) is 5.34. The normalized spacial score (nSPS) is 14.9. The summed E-state index contributed by atoms with van der Waals surface area (Å²) < 4.78 is 0. The van der Waals surface area contributed by atoms with Crippen molar-refractivity contribution in [2.45, 2.75) is 32.9 Å². The Hall–Kier alpha value is -1.51. The summed E-state index contributed by atoms with van der Waals surface area (Å²) in [6.45, 7) is 6.44. The average Bonchev–Trinajstić information content (AvgIpc) is 2.77. The summed E-state index contributed by atoms with van der Waals surface area (Å²) in [5, 5.41) is 16.7. The molecule has 0 unspecified atom stereocenters. The van der Waals surface area contributed by atoms with Crippen molar-refractivity contribution in [3.05, 3.63) is 64.7 Å². The van der Waals surface area contributed by atoms with E-state index in [1.54, 1.807) is 0 Å². The molecular weight excluding hydrogens is 511 g/mol. The van der Waals surface area contributed by atoms with Gasteiger partial charge in [0.25, 0.3) is 0 Å². The molecule has 0 radical (unpaired) electrons. The monoisotopic (exact) mass is 542 g/mol. The first-order valence-electron chi connectivity index (χ1n) is 10.4. The smallest absolute Gasteiger partial charge is 0.191 e. The molecule has 0 aliphatic carbocycles. The SMILES string of the molecule is CCNC(=NCc1ccc(N2CCC(CO)CC2)cc1)NCc1ccccc1Cl.I. The second kappa shape index (κ2) is 13.0. The Morgan fingerprint density at radius 2 is 1.80 bits per heavy atom. The van der Waals surface area contributed by atoms with Crippen molar-refractivity contribution in [1.29, 1.82) is 0 Å². The lowest BCUT2D eigenvalue weighted by molar-refractivity contribution is 0.203. The van der Waals surface area contributed by atoms with Crippen LogP contribution in [0.2, 0.25) is 5.02 Å². The number of hydrogen-bond donors (Lipinski definition) is 3. The molecule has 2 aromatic carbocycles. The van der Waals surface area contributed by atoms with E-state index in [9.17, 15) is 5.11 Å². The van der Waals surface area contributed by atoms with Crippen LogP contribution in [0.3, 0.4) is 0 Å². The van der Waals surface area contributed by atoms with Crippen LogP contribution in [0.25, 0.3) is 0 Å². The number of nitrogens with one attached hydrogen (secondary N) is 2. The van der Waals surface area contributed by atoms with Gasteiger partial charge in [0.1, 0.15) is 0 Å². The number of nitrogens with zero attached hydrogens (tertiary/aromatic N) is 2. The van der Waals surface area contributed by atoms with Gasteiger partial charge in [-0.3, -0.25) is 0 Å². The van der Waals surface area contributed by atoms with E-state index in [-0.39, 0.29) is 24.0 Å². The van der Waals surface area contributed by atoms with E-state index >= 15 is 0 Å². The highest BCUT2D eigenvalue weighted by atomic mass is 127. The third kappa shape index (κ3) is 7.32. The fraction of sp³-hybridized carbons (Fsp3) is 0.435. The van der Waals surface area contributed by atoms with Gasteiger partial charge in [0.05, 0.1) is 6.54 Å². The number of rotatable bonds is 7. The van der Waals surface area contributed by atoms with Gasteiger partial charge >= 0.3 is 0 Å². The Bertz CT molecular complexity index is 792. The van der Waals surface area contributed by atoms with Gasteiger partial charge in [-0.15, -0.1) is 24.0 Å². The number of aliphatic hydroxyl groups excluding tert-OH is 1. The Kier molecular flexibility index (Phi) is 10.7. The lowest BCUT2D eigenvalue weighted by Crippen LogP contribution is -2.36. The second-order valence-electron chi connectivity index (χ2n) is 7.42. The van der Waals surface area contributed by atoms with Crippen LogP contribution in [0.1, 0.15) is 30.9 Å². The van der Waals surface area contributed by atoms with Crippen LogP contribution in [0.4, 0.5) is 5.69 Å². The van der Waals surface area contributed by atoms with E-state index in [0.717, 1.165) is 49.0 Å². The Morgan fingerprint density at radius 3 is 2.43 bits per heavy atom. The van der Waals surface area contributed by atoms with Crippen molar-refractivity contribution >= 4 is 47.2 Å². The van der Waals surface area contributed by atoms with E-state index in [2.05, 4.69) is 46.7 Å². The maximum atomic E-state index is 9.30. The topological polar surface area (TPSA) is 59.9 Å². The zero-order valence-corrected chi connectivity index (χ0v) is 20.6. The molecule has 5 nitrogen and oxygen atoms in total. The second-order valence-corrected chi connectivity index (χ2v) is 7.83. The molecule has 2 aromatic rings. The van der Waals surface area contributed by atoms with Gasteiger partial charge in [-0.05, 0) is 55.0 Å². The zero-order valence-electron chi connectivity index (χ0n) is 17.5. The van der Waals surface area contributed by atoms with Gasteiger partial charge in [0.2, 0.25) is 0 Å². The highest BCUT2D eigenvalue weighted by Crippen LogP contribution is 2.23. The zero-order chi connectivity index (χ0) is 20.5. The standard InChI is InChI=1S/C23H31ClN4O.HI/c1-2-25-23(27-16-20-5-3-4-6-22(20)24)26-15-18-7-9-21(10-8-18)28-13-11-19(17-29)12-14-28;/h3-10,19,29H,2,11-17H2,1H3,(H2,25,26,27);1H. The first-order valence-corrected chi connectivity index (χ1v) is 10.8. The number of aliphatic imine (C=N–C) groups is 1. The summed E-state index contributed by atoms with van der Waals surface area (Å²) in [7, 11) is 0. The van der Waals surface area contributed by atoms with Gasteiger partial charge in [-0.1, -0.05) is 41.9 Å². The van der Waals surface area contributed by atoms with Crippen molar-refractivity contribution in [3.8, 4) is 0 Å². The van der Waals surface area contributed by atoms with Crippen LogP contribution in [0.15, 0.2) is 53.5 Å². The van der Waals surface area contributed by atoms with Crippen LogP contribution >= 0.6 is 35.6 Å². The number of aliphatic hydroxyl groups is 1. The molecule has 1 heterocycles. The number of hydrogen-bond acceptors (Lipinski definition) is 3. The summed E-state index contributed by atoms with van der Waals surface area (Å²) in [4.78, 5) is 7.10. The van der Waals surface area contributed by atoms with Crippen LogP contribution in [-0.2, 0) is 13.1 Å². The summed E-state index contributed by atoms with van der Waals surface area (Å²) in [6, 6.07) is 16.5. The highest BCUT2D eigenvalue weighted by Gasteiger charge is 2.18. The van der Waals surface area contributed by atoms with Gasteiger partial charge in [0.15, 0.2) is 5.96 Å². The molecule has 0 saturated carbocycles. The molecule has 1 saturated heterocycles. The number of halogens is 2. The molecule has 1 aliphatic heterocycles. The summed E-state index contributed by atoms with van der Waals surface area (Å²) >= 11 is 6.24. The van der Waals surface area contributed by atoms with Gasteiger partial charge in [0, 0.05) is 43.5 Å². The third-order valence-corrected chi connectivity index (χ3v) is 5.71. The van der Waals surface area contributed by atoms with E-state index in [4.69, 9.17) is 16.6 Å². The van der Waals surface area contributed by atoms with Crippen LogP contribution in [-0.4, -0.2) is 37.3 Å². The molecule has 0 amide bonds. The fourth-order valence-corrected chi connectivity index (χ4v) is 3.72. The number of benzene rings is 2. The Balaban J connectivity index is 0.00000320. The average molecular weight is 543 g/mol. The number of guanidine groups is 1. The molecule has 1 aliphatic rings. The van der Waals surface area contributed by atoms with Crippen molar-refractivity contribution in [1.82, 2.24) is 10.6 Å². The molecule has 1 fully saturated rings. The Labute approximate surface area is 201 Å². The van der Waals surface area contributed by atoms with Gasteiger partial charge in [-0.2, -0.15) is 0 Å². The molecular formula is C23H32ClIN4O. The molecule has 7 heteroatoms. The minimum absolute atomic E-state index is 0. The quantitative estimate of drug-likeness (QED) is 0.275. The Morgan fingerprint density at radius 1 is 1.10 bits per heavy atom. The van der Waals surface area contributed by atoms with Crippen molar-refractivity contribution in [2.75, 3.05) is 31.1 Å². The van der Waals surface area contributed by atoms with E-state index in [1.807, 2.05) is 24.3 Å². The molecule has 3 N–H and O–H groups in total. The van der Waals surface area contributed by atoms with E-state index < -0.39 is 0 Å². The number of piperidine rings is 1. The summed E-state index contributed by atoms with van der Waals surface area (Å²) in [5.74, 6) is 1.24. The largest absolute Gasteiger partial charge is 0.396 e. The lowest BCUT2D eigenvalue weighted by atomic mass is 9.97. The molecule has 0 atom stereocenters. The predicted molar refractivity (Wildman–Crippen MR) is 137 cm³/mol. The summed E-state index contributed by atoms with van der Waals surface area (Å²) in [5.41, 5.74) is 3.47. The minimum Gasteiger partial charge on any atom is -0.396 e. The van der Waals surface area contributed by atoms with Crippen molar-refractivity contribution in [2.24, 2.45) is 10.9 Å². The maximum absolute atomic E-state index is 9.30. The first kappa shape index (κ1) is 24.8. The molecule has 0 bridgehead atoms. The van der Waals surface area contributed by atoms with E-state index in [1.165, 1.54) is 11.3 Å². The van der Waals surface area contributed by atoms with Crippen molar-refractivity contribution < 1.29 is 5.11 Å². The maximum Gasteiger partial charge on any atom is 0.191 e. The van der Waals surface area contributed by atoms with Crippen LogP contribution in [0, 0.1) is 5.92 Å². The van der Waals surface area contributed by atoms with Crippen molar-refractivity contribution in [3.63, 3.8) is 0 Å². The first-order chi connectivity index (χ1) is 14.2. The minimum atomic E-state index is 0. The fourth-order valence-electron chi connectivity index (χ4n) is 3.52. The van der Waals surface area contributed by atoms with Crippen LogP contribution < -0.4 is 15.5 Å². The summed E-state index contributed by atoms with van der Waals surface area (Å²) in [6.07, 6.45) is 2.12. The molecule has 30 heavy (non-hydrogen) atoms. The van der Waals surface area contributed by atoms with Gasteiger partial charge in [-0.25, -0.2) is 4.99 Å². The lowest BCUT2D eigenvalue weighted by Gasteiger charge is -2.32. The van der Waals surface area contributed by atoms with E-state index in [0.29, 0.717) is 25.6 Å². The number of anilines is 1. The molecule has 3 rings (SSSR count). The highest BCUT2D eigenvalue weighted by molar-refractivity contribution is 14.0. The molecule has 0 aromatic heterocycles. The predicted octanol–water partition coefficient (Wildman–Crippen LogP) is 4.42.